The van der Waals surface area contributed by atoms with E-state index in [0.29, 0.717) is 23.6 Å². The molecule has 2 aliphatic rings. The number of allylic oxidation sites excluding steroid dienone is 2. The molecule has 2 aliphatic carbocycles. The number of hydrogen-bond donors (Lipinski definition) is 1. The van der Waals surface area contributed by atoms with Crippen LogP contribution in [0.5, 0.6) is 5.75 Å². The van der Waals surface area contributed by atoms with Gasteiger partial charge in [0.05, 0.1) is 0 Å². The summed E-state index contributed by atoms with van der Waals surface area (Å²) in [6, 6.07) is 9.73. The lowest BCUT2D eigenvalue weighted by Gasteiger charge is -2.30. The predicted molar refractivity (Wildman–Crippen MR) is 99.7 cm³/mol. The Hall–Kier alpha value is -1.13. The van der Waals surface area contributed by atoms with Crippen LogP contribution in [-0.2, 0) is 11.3 Å². The first kappa shape index (κ1) is 17.7. The van der Waals surface area contributed by atoms with Crippen LogP contribution in [-0.4, -0.2) is 10.3 Å². The van der Waals surface area contributed by atoms with Crippen LogP contribution in [0.2, 0.25) is 0 Å². The van der Waals surface area contributed by atoms with Crippen molar-refractivity contribution in [2.75, 3.05) is 0 Å². The predicted octanol–water partition coefficient (Wildman–Crippen LogP) is 4.78. The highest BCUT2D eigenvalue weighted by Crippen LogP contribution is 2.50. The summed E-state index contributed by atoms with van der Waals surface area (Å²) in [6.45, 7) is 2.23. The van der Waals surface area contributed by atoms with E-state index in [-0.39, 0.29) is 0 Å². The Morgan fingerprint density at radius 1 is 1.21 bits per heavy atom. The average molecular weight is 348 g/mol. The maximum Gasteiger partial charge on any atom is 0.288 e. The molecule has 0 aromatic heterocycles. The molecule has 24 heavy (non-hydrogen) atoms. The third-order valence-corrected chi connectivity index (χ3v) is 6.34. The fraction of sp³-hybridized carbons (Fsp3) is 0.600. The van der Waals surface area contributed by atoms with Crippen molar-refractivity contribution in [3.63, 3.8) is 0 Å². The topological polar surface area (TPSA) is 38.3 Å². The zero-order chi connectivity index (χ0) is 16.8. The first-order valence-electron chi connectivity index (χ1n) is 9.34. The Morgan fingerprint density at radius 3 is 2.79 bits per heavy atom. The first-order valence-corrected chi connectivity index (χ1v) is 10.4. The van der Waals surface area contributed by atoms with Gasteiger partial charge in [-0.2, -0.15) is 4.21 Å². The van der Waals surface area contributed by atoms with E-state index in [0.717, 1.165) is 12.3 Å². The lowest BCUT2D eigenvalue weighted by molar-refractivity contribution is 0.273. The largest absolute Gasteiger partial charge is 0.389 e. The molecule has 3 nitrogen and oxygen atoms in total. The van der Waals surface area contributed by atoms with Crippen molar-refractivity contribution in [1.82, 2.24) is 4.72 Å². The van der Waals surface area contributed by atoms with Crippen molar-refractivity contribution in [3.8, 4) is 5.75 Å². The van der Waals surface area contributed by atoms with Crippen LogP contribution in [0, 0.1) is 17.8 Å². The zero-order valence-corrected chi connectivity index (χ0v) is 15.3. The van der Waals surface area contributed by atoms with Gasteiger partial charge in [-0.1, -0.05) is 50.1 Å². The minimum Gasteiger partial charge on any atom is -0.389 e. The summed E-state index contributed by atoms with van der Waals surface area (Å²) in [5.41, 5.74) is 0. The van der Waals surface area contributed by atoms with E-state index in [4.69, 9.17) is 4.18 Å². The Labute approximate surface area is 148 Å². The van der Waals surface area contributed by atoms with Gasteiger partial charge in [-0.05, 0) is 62.0 Å². The second-order valence-electron chi connectivity index (χ2n) is 7.12. The van der Waals surface area contributed by atoms with Crippen LogP contribution in [0.25, 0.3) is 0 Å². The smallest absolute Gasteiger partial charge is 0.288 e. The third kappa shape index (κ3) is 4.48. The standard InChI is InChI=1S/C20H29NO2S/c1-2-3-4-5-9-12-19-16-13-14-17(15-16)20(19)21-24(22)23-18-10-7-6-8-11-18/h5-11,16-17,19-21H,2-4,12-15H2,1H3/b9-5-/t16-,17+,19+,20?,24?/m1/s1. The second kappa shape index (κ2) is 8.82. The summed E-state index contributed by atoms with van der Waals surface area (Å²) in [5.74, 6) is 2.71. The highest BCUT2D eigenvalue weighted by molar-refractivity contribution is 7.78. The fourth-order valence-corrected chi connectivity index (χ4v) is 5.25. The molecule has 0 amide bonds. The minimum atomic E-state index is -1.47. The summed E-state index contributed by atoms with van der Waals surface area (Å²) in [6.07, 6.45) is 13.4. The minimum absolute atomic E-state index is 0.323. The lowest BCUT2D eigenvalue weighted by atomic mass is 9.83. The second-order valence-corrected chi connectivity index (χ2v) is 7.99. The van der Waals surface area contributed by atoms with E-state index in [1.165, 1.54) is 38.5 Å². The van der Waals surface area contributed by atoms with Crippen molar-refractivity contribution in [1.29, 1.82) is 0 Å². The number of benzene rings is 1. The van der Waals surface area contributed by atoms with Crippen LogP contribution in [0.4, 0.5) is 0 Å². The highest BCUT2D eigenvalue weighted by atomic mass is 32.2. The van der Waals surface area contributed by atoms with E-state index in [1.54, 1.807) is 0 Å². The Bertz CT molecular complexity index is 560. The van der Waals surface area contributed by atoms with Gasteiger partial charge in [-0.3, -0.25) is 0 Å². The van der Waals surface area contributed by atoms with Crippen molar-refractivity contribution in [2.24, 2.45) is 17.8 Å². The van der Waals surface area contributed by atoms with Crippen LogP contribution >= 0.6 is 0 Å². The van der Waals surface area contributed by atoms with Gasteiger partial charge in [0.2, 0.25) is 0 Å². The molecule has 0 aliphatic heterocycles. The molecule has 5 atom stereocenters. The van der Waals surface area contributed by atoms with Crippen LogP contribution in [0.15, 0.2) is 42.5 Å². The number of rotatable bonds is 9. The molecule has 1 N–H and O–H groups in total. The molecule has 4 heteroatoms. The number of unbranched alkanes of at least 4 members (excludes halogenated alkanes) is 2. The number of fused-ring (bicyclic) bond motifs is 2. The molecule has 0 saturated heterocycles. The van der Waals surface area contributed by atoms with Crippen molar-refractivity contribution >= 4 is 11.3 Å². The van der Waals surface area contributed by atoms with Crippen molar-refractivity contribution in [2.45, 2.75) is 57.9 Å². The van der Waals surface area contributed by atoms with Gasteiger partial charge in [0, 0.05) is 6.04 Å². The molecular weight excluding hydrogens is 318 g/mol. The van der Waals surface area contributed by atoms with Crippen LogP contribution < -0.4 is 8.91 Å². The lowest BCUT2D eigenvalue weighted by Crippen LogP contribution is -2.42. The molecule has 1 aromatic rings. The number of para-hydroxylation sites is 1. The van der Waals surface area contributed by atoms with Gasteiger partial charge < -0.3 is 4.18 Å². The van der Waals surface area contributed by atoms with E-state index in [1.807, 2.05) is 30.3 Å². The van der Waals surface area contributed by atoms with E-state index >= 15 is 0 Å². The van der Waals surface area contributed by atoms with Gasteiger partial charge in [0.25, 0.3) is 11.3 Å². The summed E-state index contributed by atoms with van der Waals surface area (Å²) in [4.78, 5) is 0. The van der Waals surface area contributed by atoms with Gasteiger partial charge in [-0.15, -0.1) is 0 Å². The summed E-state index contributed by atoms with van der Waals surface area (Å²) >= 11 is -1.47. The van der Waals surface area contributed by atoms with Gasteiger partial charge >= 0.3 is 0 Å². The molecule has 1 aromatic carbocycles. The Morgan fingerprint density at radius 2 is 2.00 bits per heavy atom. The maximum absolute atomic E-state index is 12.4. The molecule has 132 valence electrons. The molecular formula is C20H29NO2S. The first-order chi connectivity index (χ1) is 11.8. The van der Waals surface area contributed by atoms with Crippen LogP contribution in [0.1, 0.15) is 51.9 Å². The molecule has 0 heterocycles. The van der Waals surface area contributed by atoms with E-state index in [2.05, 4.69) is 23.8 Å². The fourth-order valence-electron chi connectivity index (χ4n) is 4.33. The molecule has 0 spiro atoms. The van der Waals surface area contributed by atoms with Crippen molar-refractivity contribution < 1.29 is 8.39 Å². The maximum atomic E-state index is 12.4. The number of nitrogens with one attached hydrogen (secondary N) is 1. The SMILES string of the molecule is CCCC/C=C\C[C@@H]1C(NS(=O)Oc2ccccc2)[C@H]2CC[C@@H]1C2. The van der Waals surface area contributed by atoms with Gasteiger partial charge in [-0.25, -0.2) is 4.72 Å². The Kier molecular flexibility index (Phi) is 6.50. The molecule has 2 fully saturated rings. The van der Waals surface area contributed by atoms with Gasteiger partial charge in [0.15, 0.2) is 0 Å². The van der Waals surface area contributed by atoms with E-state index in [9.17, 15) is 4.21 Å². The molecule has 3 rings (SSSR count). The normalized spacial score (nSPS) is 30.0. The summed E-state index contributed by atoms with van der Waals surface area (Å²) in [5, 5.41) is 0. The number of hydrogen-bond acceptors (Lipinski definition) is 2. The molecule has 2 saturated carbocycles. The van der Waals surface area contributed by atoms with Crippen LogP contribution in [0.3, 0.4) is 0 Å². The summed E-state index contributed by atoms with van der Waals surface area (Å²) < 4.78 is 21.2. The van der Waals surface area contributed by atoms with E-state index < -0.39 is 11.3 Å². The average Bonchev–Trinajstić information content (AvgIpc) is 3.18. The Balaban J connectivity index is 1.54. The quantitative estimate of drug-likeness (QED) is 0.515. The third-order valence-electron chi connectivity index (χ3n) is 5.54. The highest BCUT2D eigenvalue weighted by Gasteiger charge is 2.47. The van der Waals surface area contributed by atoms with Crippen molar-refractivity contribution in [3.05, 3.63) is 42.5 Å². The summed E-state index contributed by atoms with van der Waals surface area (Å²) in [7, 11) is 0. The molecule has 2 unspecified atom stereocenters. The molecule has 0 radical (unpaired) electrons. The van der Waals surface area contributed by atoms with Gasteiger partial charge in [0.1, 0.15) is 5.75 Å². The monoisotopic (exact) mass is 347 g/mol. The molecule has 2 bridgehead atoms. The zero-order valence-electron chi connectivity index (χ0n) is 14.5.